The van der Waals surface area contributed by atoms with Crippen molar-refractivity contribution in [2.45, 2.75) is 65.8 Å². The Morgan fingerprint density at radius 3 is 2.00 bits per heavy atom. The van der Waals surface area contributed by atoms with Gasteiger partial charge < -0.3 is 28.1 Å². The highest BCUT2D eigenvalue weighted by atomic mass is 28.3. The number of furan rings is 1. The second-order valence-corrected chi connectivity index (χ2v) is 16.0. The summed E-state index contributed by atoms with van der Waals surface area (Å²) in [6.07, 6.45) is -0.111. The first kappa shape index (κ1) is 28.4. The minimum Gasteiger partial charge on any atom is -0.493 e. The van der Waals surface area contributed by atoms with Crippen molar-refractivity contribution in [3.8, 4) is 28.7 Å². The lowest BCUT2D eigenvalue weighted by Crippen LogP contribution is -2.50. The van der Waals surface area contributed by atoms with E-state index in [-0.39, 0.29) is 16.9 Å². The molecule has 0 fully saturated rings. The van der Waals surface area contributed by atoms with E-state index in [9.17, 15) is 4.79 Å². The van der Waals surface area contributed by atoms with Crippen LogP contribution in [0, 0.1) is 0 Å². The van der Waals surface area contributed by atoms with E-state index in [1.165, 1.54) is 21.3 Å². The number of ketones is 1. The molecule has 1 aromatic heterocycles. The van der Waals surface area contributed by atoms with Gasteiger partial charge in [0.25, 0.3) is 0 Å². The number of carbonyl (C=O) groups excluding carboxylic acids is 1. The van der Waals surface area contributed by atoms with Gasteiger partial charge in [-0.3, -0.25) is 4.79 Å². The SMILES string of the molecule is CCOc1ccc2c(C(=O)c3cc(OC)c(OC)c(OC)c3)c([Si](C)(C)C(C)(C)C)oc2c1OC(C)C. The Bertz CT molecular complexity index is 1260. The second-order valence-electron chi connectivity index (χ2n) is 10.8. The third kappa shape index (κ3) is 5.16. The van der Waals surface area contributed by atoms with Crippen molar-refractivity contribution in [3.63, 3.8) is 0 Å². The van der Waals surface area contributed by atoms with Crippen molar-refractivity contribution in [1.29, 1.82) is 0 Å². The molecule has 0 bridgehead atoms. The summed E-state index contributed by atoms with van der Waals surface area (Å²) in [5, 5.41) is 1.32. The van der Waals surface area contributed by atoms with E-state index in [1.54, 1.807) is 12.1 Å². The van der Waals surface area contributed by atoms with Gasteiger partial charge in [-0.05, 0) is 50.1 Å². The summed E-state index contributed by atoms with van der Waals surface area (Å²) >= 11 is 0. The Morgan fingerprint density at radius 2 is 1.54 bits per heavy atom. The lowest BCUT2D eigenvalue weighted by Gasteiger charge is -2.35. The van der Waals surface area contributed by atoms with E-state index in [4.69, 9.17) is 28.1 Å². The molecule has 0 unspecified atom stereocenters. The van der Waals surface area contributed by atoms with Crippen LogP contribution in [-0.2, 0) is 0 Å². The Kier molecular flexibility index (Phi) is 8.22. The molecule has 0 aliphatic rings. The molecule has 0 atom stereocenters. The summed E-state index contributed by atoms with van der Waals surface area (Å²) in [5.41, 5.74) is 1.47. The Morgan fingerprint density at radius 1 is 0.946 bits per heavy atom. The van der Waals surface area contributed by atoms with Gasteiger partial charge in [0, 0.05) is 10.9 Å². The maximum Gasteiger partial charge on any atom is 0.205 e. The molecule has 3 rings (SSSR count). The van der Waals surface area contributed by atoms with E-state index in [0.29, 0.717) is 57.5 Å². The van der Waals surface area contributed by atoms with E-state index >= 15 is 0 Å². The molecule has 1 heterocycles. The summed E-state index contributed by atoms with van der Waals surface area (Å²) in [6.45, 7) is 17.3. The highest BCUT2D eigenvalue weighted by Crippen LogP contribution is 2.44. The average Bonchev–Trinajstić information content (AvgIpc) is 3.23. The number of carbonyl (C=O) groups is 1. The predicted molar refractivity (Wildman–Crippen MR) is 150 cm³/mol. The van der Waals surface area contributed by atoms with Crippen molar-refractivity contribution >= 4 is 30.2 Å². The van der Waals surface area contributed by atoms with E-state index in [1.807, 2.05) is 32.9 Å². The first-order valence-corrected chi connectivity index (χ1v) is 15.6. The largest absolute Gasteiger partial charge is 0.493 e. The van der Waals surface area contributed by atoms with Gasteiger partial charge in [-0.25, -0.2) is 0 Å². The highest BCUT2D eigenvalue weighted by molar-refractivity contribution is 6.92. The zero-order valence-corrected chi connectivity index (χ0v) is 25.0. The molecule has 0 saturated heterocycles. The lowest BCUT2D eigenvalue weighted by molar-refractivity contribution is 0.104. The Hall–Kier alpha value is -3.13. The standard InChI is InChI=1S/C29H40O7Si/c1-12-34-20-14-13-19-23(24(30)18-15-21(31-7)26(33-9)22(16-18)32-8)28(37(10,11)29(4,5)6)36-25(19)27(20)35-17(2)3/h13-17H,12H2,1-11H3. The van der Waals surface area contributed by atoms with Crippen molar-refractivity contribution < 1.29 is 32.9 Å². The fraction of sp³-hybridized carbons (Fsp3) is 0.483. The minimum atomic E-state index is -2.34. The van der Waals surface area contributed by atoms with Crippen LogP contribution in [0.4, 0.5) is 0 Å². The van der Waals surface area contributed by atoms with Crippen LogP contribution in [0.25, 0.3) is 11.0 Å². The van der Waals surface area contributed by atoms with Crippen LogP contribution in [0.5, 0.6) is 28.7 Å². The van der Waals surface area contributed by atoms with Crippen LogP contribution < -0.4 is 29.1 Å². The zero-order valence-electron chi connectivity index (χ0n) is 24.0. The number of ether oxygens (including phenoxy) is 5. The molecule has 0 spiro atoms. The number of methoxy groups -OCH3 is 3. The summed E-state index contributed by atoms with van der Waals surface area (Å²) < 4.78 is 35.2. The summed E-state index contributed by atoms with van der Waals surface area (Å²) in [4.78, 5) is 14.3. The molecule has 3 aromatic rings. The van der Waals surface area contributed by atoms with Crippen molar-refractivity contribution in [3.05, 3.63) is 35.4 Å². The normalized spacial score (nSPS) is 12.1. The number of rotatable bonds is 10. The monoisotopic (exact) mass is 528 g/mol. The van der Waals surface area contributed by atoms with Gasteiger partial charge in [0.15, 0.2) is 28.6 Å². The van der Waals surface area contributed by atoms with Crippen molar-refractivity contribution in [2.24, 2.45) is 0 Å². The quantitative estimate of drug-likeness (QED) is 0.217. The van der Waals surface area contributed by atoms with Crippen molar-refractivity contribution in [1.82, 2.24) is 0 Å². The van der Waals surface area contributed by atoms with E-state index in [0.717, 1.165) is 5.38 Å². The van der Waals surface area contributed by atoms with Gasteiger partial charge in [0.05, 0.1) is 45.0 Å². The van der Waals surface area contributed by atoms with Gasteiger partial charge in [0.1, 0.15) is 8.07 Å². The third-order valence-corrected chi connectivity index (χ3v) is 12.3. The third-order valence-electron chi connectivity index (χ3n) is 7.03. The Balaban J connectivity index is 2.41. The first-order chi connectivity index (χ1) is 17.3. The molecule has 37 heavy (non-hydrogen) atoms. The molecule has 0 radical (unpaired) electrons. The van der Waals surface area contributed by atoms with Gasteiger partial charge in [0.2, 0.25) is 11.5 Å². The predicted octanol–water partition coefficient (Wildman–Crippen LogP) is 6.59. The topological polar surface area (TPSA) is 76.4 Å². The van der Waals surface area contributed by atoms with Gasteiger partial charge >= 0.3 is 0 Å². The molecular weight excluding hydrogens is 488 g/mol. The van der Waals surface area contributed by atoms with Gasteiger partial charge in [-0.2, -0.15) is 0 Å². The molecule has 0 aliphatic carbocycles. The molecule has 2 aromatic carbocycles. The van der Waals surface area contributed by atoms with Crippen LogP contribution in [0.2, 0.25) is 18.1 Å². The fourth-order valence-corrected chi connectivity index (χ4v) is 6.01. The first-order valence-electron chi connectivity index (χ1n) is 12.6. The smallest absolute Gasteiger partial charge is 0.205 e. The van der Waals surface area contributed by atoms with Crippen LogP contribution in [0.1, 0.15) is 57.5 Å². The van der Waals surface area contributed by atoms with Gasteiger partial charge in [-0.1, -0.05) is 33.9 Å². The van der Waals surface area contributed by atoms with Gasteiger partial charge in [-0.15, -0.1) is 0 Å². The zero-order chi connectivity index (χ0) is 27.7. The van der Waals surface area contributed by atoms with Crippen molar-refractivity contribution in [2.75, 3.05) is 27.9 Å². The number of benzene rings is 2. The number of hydrogen-bond donors (Lipinski definition) is 0. The van der Waals surface area contributed by atoms with Crippen LogP contribution in [-0.4, -0.2) is 47.9 Å². The molecule has 0 saturated carbocycles. The summed E-state index contributed by atoms with van der Waals surface area (Å²) in [6, 6.07) is 7.09. The maximum absolute atomic E-state index is 14.3. The van der Waals surface area contributed by atoms with E-state index in [2.05, 4.69) is 33.9 Å². The Labute approximate surface area is 221 Å². The second kappa shape index (κ2) is 10.7. The van der Waals surface area contributed by atoms with E-state index < -0.39 is 8.07 Å². The number of hydrogen-bond acceptors (Lipinski definition) is 7. The molecule has 0 aliphatic heterocycles. The fourth-order valence-electron chi connectivity index (χ4n) is 4.10. The molecular formula is C29H40O7Si. The number of fused-ring (bicyclic) bond motifs is 1. The maximum atomic E-state index is 14.3. The molecule has 7 nitrogen and oxygen atoms in total. The van der Waals surface area contributed by atoms with Crippen LogP contribution in [0.3, 0.4) is 0 Å². The summed E-state index contributed by atoms with van der Waals surface area (Å²) in [5.74, 6) is 2.17. The molecule has 202 valence electrons. The van der Waals surface area contributed by atoms with Crippen LogP contribution >= 0.6 is 0 Å². The summed E-state index contributed by atoms with van der Waals surface area (Å²) in [7, 11) is 2.26. The molecule has 8 heteroatoms. The van der Waals surface area contributed by atoms with Crippen LogP contribution in [0.15, 0.2) is 28.7 Å². The molecule has 0 amide bonds. The average molecular weight is 529 g/mol. The lowest BCUT2D eigenvalue weighted by atomic mass is 10.0. The minimum absolute atomic E-state index is 0.0903. The molecule has 0 N–H and O–H groups in total. The highest BCUT2D eigenvalue weighted by Gasteiger charge is 2.44.